The standard InChI is InChI=1S/C17H22N2O/c1-13(14-9-6-5-7-10-14)20-16-12-8-11-15(18-16)19-17(2,3)4/h5-13H,1-4H3,(H,18,19). The van der Waals surface area contributed by atoms with E-state index in [0.29, 0.717) is 5.88 Å². The summed E-state index contributed by atoms with van der Waals surface area (Å²) in [6.07, 6.45) is -0.0198. The molecule has 2 aromatic rings. The number of benzene rings is 1. The molecule has 1 N–H and O–H groups in total. The van der Waals surface area contributed by atoms with Gasteiger partial charge in [-0.15, -0.1) is 0 Å². The van der Waals surface area contributed by atoms with Crippen molar-refractivity contribution in [1.29, 1.82) is 0 Å². The van der Waals surface area contributed by atoms with Crippen LogP contribution in [0.2, 0.25) is 0 Å². The second-order valence-corrected chi connectivity index (χ2v) is 5.91. The summed E-state index contributed by atoms with van der Waals surface area (Å²) in [5.41, 5.74) is 1.12. The third kappa shape index (κ3) is 4.26. The molecular formula is C17H22N2O. The highest BCUT2D eigenvalue weighted by Gasteiger charge is 2.12. The van der Waals surface area contributed by atoms with Gasteiger partial charge in [-0.1, -0.05) is 36.4 Å². The summed E-state index contributed by atoms with van der Waals surface area (Å²) >= 11 is 0. The van der Waals surface area contributed by atoms with Crippen LogP contribution in [-0.4, -0.2) is 10.5 Å². The molecule has 0 fully saturated rings. The van der Waals surface area contributed by atoms with Gasteiger partial charge in [0.2, 0.25) is 5.88 Å². The van der Waals surface area contributed by atoms with Gasteiger partial charge in [-0.05, 0) is 39.3 Å². The predicted molar refractivity (Wildman–Crippen MR) is 83.1 cm³/mol. The first-order valence-electron chi connectivity index (χ1n) is 6.91. The zero-order chi connectivity index (χ0) is 14.6. The largest absolute Gasteiger partial charge is 0.470 e. The Balaban J connectivity index is 2.08. The normalized spacial score (nSPS) is 12.8. The van der Waals surface area contributed by atoms with Gasteiger partial charge in [0.05, 0.1) is 0 Å². The van der Waals surface area contributed by atoms with E-state index in [0.717, 1.165) is 11.4 Å². The Hall–Kier alpha value is -2.03. The monoisotopic (exact) mass is 270 g/mol. The zero-order valence-corrected chi connectivity index (χ0v) is 12.6. The number of aromatic nitrogens is 1. The number of ether oxygens (including phenoxy) is 1. The van der Waals surface area contributed by atoms with E-state index >= 15 is 0 Å². The topological polar surface area (TPSA) is 34.1 Å². The van der Waals surface area contributed by atoms with E-state index in [4.69, 9.17) is 4.74 Å². The first kappa shape index (κ1) is 14.4. The summed E-state index contributed by atoms with van der Waals surface area (Å²) in [6.45, 7) is 8.35. The fourth-order valence-corrected chi connectivity index (χ4v) is 1.91. The zero-order valence-electron chi connectivity index (χ0n) is 12.6. The van der Waals surface area contributed by atoms with Gasteiger partial charge in [0.25, 0.3) is 0 Å². The summed E-state index contributed by atoms with van der Waals surface area (Å²) < 4.78 is 5.90. The summed E-state index contributed by atoms with van der Waals surface area (Å²) in [6, 6.07) is 15.9. The summed E-state index contributed by atoms with van der Waals surface area (Å²) in [5, 5.41) is 3.34. The number of anilines is 1. The third-order valence-corrected chi connectivity index (χ3v) is 2.79. The fraction of sp³-hybridized carbons (Fsp3) is 0.353. The highest BCUT2D eigenvalue weighted by molar-refractivity contribution is 5.39. The molecule has 3 heteroatoms. The molecule has 1 aromatic carbocycles. The van der Waals surface area contributed by atoms with E-state index in [1.165, 1.54) is 0 Å². The van der Waals surface area contributed by atoms with Crippen LogP contribution in [0.15, 0.2) is 48.5 Å². The minimum atomic E-state index is -0.0198. The van der Waals surface area contributed by atoms with Crippen LogP contribution in [0.5, 0.6) is 5.88 Å². The number of hydrogen-bond donors (Lipinski definition) is 1. The van der Waals surface area contributed by atoms with Gasteiger partial charge < -0.3 is 10.1 Å². The Morgan fingerprint density at radius 3 is 2.35 bits per heavy atom. The molecule has 1 atom stereocenters. The molecule has 106 valence electrons. The van der Waals surface area contributed by atoms with Gasteiger partial charge in [-0.3, -0.25) is 0 Å². The molecule has 0 saturated carbocycles. The number of nitrogens with zero attached hydrogens (tertiary/aromatic N) is 1. The Morgan fingerprint density at radius 1 is 1.00 bits per heavy atom. The van der Waals surface area contributed by atoms with E-state index in [-0.39, 0.29) is 11.6 Å². The lowest BCUT2D eigenvalue weighted by molar-refractivity contribution is 0.217. The van der Waals surface area contributed by atoms with Crippen molar-refractivity contribution in [3.05, 3.63) is 54.1 Å². The van der Waals surface area contributed by atoms with Crippen molar-refractivity contribution in [3.8, 4) is 5.88 Å². The highest BCUT2D eigenvalue weighted by atomic mass is 16.5. The van der Waals surface area contributed by atoms with E-state index in [2.05, 4.69) is 43.2 Å². The van der Waals surface area contributed by atoms with Gasteiger partial charge in [-0.25, -0.2) is 0 Å². The first-order valence-corrected chi connectivity index (χ1v) is 6.91. The average Bonchev–Trinajstić information content (AvgIpc) is 2.38. The molecule has 0 aliphatic carbocycles. The Morgan fingerprint density at radius 2 is 1.70 bits per heavy atom. The Kier molecular flexibility index (Phi) is 4.28. The van der Waals surface area contributed by atoms with Crippen molar-refractivity contribution in [3.63, 3.8) is 0 Å². The molecule has 1 unspecified atom stereocenters. The molecule has 0 aliphatic heterocycles. The van der Waals surface area contributed by atoms with Crippen LogP contribution in [0.4, 0.5) is 5.82 Å². The molecule has 2 rings (SSSR count). The Bertz CT molecular complexity index is 546. The molecule has 0 amide bonds. The van der Waals surface area contributed by atoms with Crippen LogP contribution < -0.4 is 10.1 Å². The minimum Gasteiger partial charge on any atom is -0.470 e. The van der Waals surface area contributed by atoms with Gasteiger partial charge in [0, 0.05) is 11.6 Å². The Labute approximate surface area is 121 Å². The van der Waals surface area contributed by atoms with Crippen molar-refractivity contribution < 1.29 is 4.74 Å². The van der Waals surface area contributed by atoms with E-state index < -0.39 is 0 Å². The molecule has 1 heterocycles. The van der Waals surface area contributed by atoms with E-state index in [1.54, 1.807) is 0 Å². The van der Waals surface area contributed by atoms with Crippen LogP contribution in [0, 0.1) is 0 Å². The van der Waals surface area contributed by atoms with Gasteiger partial charge >= 0.3 is 0 Å². The second kappa shape index (κ2) is 5.95. The molecular weight excluding hydrogens is 248 g/mol. The number of nitrogens with one attached hydrogen (secondary N) is 1. The second-order valence-electron chi connectivity index (χ2n) is 5.91. The first-order chi connectivity index (χ1) is 9.44. The summed E-state index contributed by atoms with van der Waals surface area (Å²) in [5.74, 6) is 1.46. The molecule has 0 radical (unpaired) electrons. The number of rotatable bonds is 4. The molecule has 0 saturated heterocycles. The lowest BCUT2D eigenvalue weighted by Gasteiger charge is -2.22. The highest BCUT2D eigenvalue weighted by Crippen LogP contribution is 2.22. The average molecular weight is 270 g/mol. The SMILES string of the molecule is CC(Oc1cccc(NC(C)(C)C)n1)c1ccccc1. The molecule has 3 nitrogen and oxygen atoms in total. The van der Waals surface area contributed by atoms with Crippen LogP contribution in [0.25, 0.3) is 0 Å². The predicted octanol–water partition coefficient (Wildman–Crippen LogP) is 4.43. The van der Waals surface area contributed by atoms with Gasteiger partial charge in [0.15, 0.2) is 0 Å². The summed E-state index contributed by atoms with van der Waals surface area (Å²) in [7, 11) is 0. The smallest absolute Gasteiger partial charge is 0.215 e. The van der Waals surface area contributed by atoms with Crippen molar-refractivity contribution >= 4 is 5.82 Å². The minimum absolute atomic E-state index is 0.0172. The van der Waals surface area contributed by atoms with Crippen molar-refractivity contribution in [2.45, 2.75) is 39.3 Å². The lowest BCUT2D eigenvalue weighted by atomic mass is 10.1. The van der Waals surface area contributed by atoms with E-state index in [1.807, 2.05) is 43.3 Å². The van der Waals surface area contributed by atoms with Gasteiger partial charge in [-0.2, -0.15) is 4.98 Å². The van der Waals surface area contributed by atoms with Crippen LogP contribution >= 0.6 is 0 Å². The van der Waals surface area contributed by atoms with Crippen molar-refractivity contribution in [2.75, 3.05) is 5.32 Å². The van der Waals surface area contributed by atoms with E-state index in [9.17, 15) is 0 Å². The maximum atomic E-state index is 5.90. The quantitative estimate of drug-likeness (QED) is 0.892. The maximum Gasteiger partial charge on any atom is 0.215 e. The van der Waals surface area contributed by atoms with Gasteiger partial charge in [0.1, 0.15) is 11.9 Å². The molecule has 0 aliphatic rings. The molecule has 20 heavy (non-hydrogen) atoms. The maximum absolute atomic E-state index is 5.90. The molecule has 0 bridgehead atoms. The number of hydrogen-bond acceptors (Lipinski definition) is 3. The lowest BCUT2D eigenvalue weighted by Crippen LogP contribution is -2.26. The summed E-state index contributed by atoms with van der Waals surface area (Å²) in [4.78, 5) is 4.49. The molecule has 1 aromatic heterocycles. The van der Waals surface area contributed by atoms with Crippen LogP contribution in [0.3, 0.4) is 0 Å². The van der Waals surface area contributed by atoms with Crippen LogP contribution in [-0.2, 0) is 0 Å². The van der Waals surface area contributed by atoms with Crippen molar-refractivity contribution in [2.24, 2.45) is 0 Å². The number of pyridine rings is 1. The third-order valence-electron chi connectivity index (χ3n) is 2.79. The molecule has 0 spiro atoms. The van der Waals surface area contributed by atoms with Crippen LogP contribution in [0.1, 0.15) is 39.4 Å². The fourth-order valence-electron chi connectivity index (χ4n) is 1.91. The van der Waals surface area contributed by atoms with Crippen molar-refractivity contribution in [1.82, 2.24) is 4.98 Å².